The number of hydrogen-bond acceptors (Lipinski definition) is 2. The highest BCUT2D eigenvalue weighted by molar-refractivity contribution is 5.76. The Balaban J connectivity index is 1.82. The topological polar surface area (TPSA) is 40.5 Å². The van der Waals surface area contributed by atoms with E-state index >= 15 is 0 Å². The molecular formula is C15H21NO2. The molecule has 1 saturated heterocycles. The molecule has 0 aromatic heterocycles. The summed E-state index contributed by atoms with van der Waals surface area (Å²) in [6.45, 7) is 3.32. The van der Waals surface area contributed by atoms with E-state index in [1.807, 2.05) is 37.3 Å². The van der Waals surface area contributed by atoms with Crippen molar-refractivity contribution in [2.75, 3.05) is 13.1 Å². The van der Waals surface area contributed by atoms with Crippen LogP contribution in [0.5, 0.6) is 0 Å². The van der Waals surface area contributed by atoms with Crippen LogP contribution in [0.1, 0.15) is 25.3 Å². The molecule has 0 spiro atoms. The third-order valence-electron chi connectivity index (χ3n) is 3.74. The fraction of sp³-hybridized carbons (Fsp3) is 0.533. The molecule has 3 nitrogen and oxygen atoms in total. The lowest BCUT2D eigenvalue weighted by Gasteiger charge is -2.34. The van der Waals surface area contributed by atoms with Gasteiger partial charge in [-0.3, -0.25) is 4.79 Å². The summed E-state index contributed by atoms with van der Waals surface area (Å²) >= 11 is 0. The number of nitrogens with zero attached hydrogens (tertiary/aromatic N) is 1. The first-order chi connectivity index (χ1) is 8.66. The molecule has 18 heavy (non-hydrogen) atoms. The van der Waals surface area contributed by atoms with Crippen LogP contribution < -0.4 is 0 Å². The average molecular weight is 247 g/mol. The molecule has 0 saturated carbocycles. The van der Waals surface area contributed by atoms with Gasteiger partial charge >= 0.3 is 0 Å². The van der Waals surface area contributed by atoms with Crippen molar-refractivity contribution in [1.29, 1.82) is 0 Å². The Labute approximate surface area is 108 Å². The normalized spacial score (nSPS) is 24.0. The summed E-state index contributed by atoms with van der Waals surface area (Å²) in [6, 6.07) is 10.0. The molecule has 98 valence electrons. The Bertz CT molecular complexity index is 391. The fourth-order valence-electron chi connectivity index (χ4n) is 2.33. The molecule has 1 aromatic rings. The molecule has 2 atom stereocenters. The van der Waals surface area contributed by atoms with Crippen LogP contribution in [0.25, 0.3) is 0 Å². The number of benzene rings is 1. The molecule has 1 amide bonds. The Morgan fingerprint density at radius 3 is 2.78 bits per heavy atom. The molecule has 0 bridgehead atoms. The number of carbonyl (C=O) groups is 1. The zero-order valence-electron chi connectivity index (χ0n) is 10.9. The second kappa shape index (κ2) is 6.01. The highest BCUT2D eigenvalue weighted by atomic mass is 16.3. The molecule has 0 radical (unpaired) electrons. The SMILES string of the molecule is CC1CCN(C(=O)CCc2ccccc2)CC1O. The summed E-state index contributed by atoms with van der Waals surface area (Å²) in [5, 5.41) is 9.79. The second-order valence-electron chi connectivity index (χ2n) is 5.16. The number of aryl methyl sites for hydroxylation is 1. The minimum atomic E-state index is -0.362. The van der Waals surface area contributed by atoms with Gasteiger partial charge < -0.3 is 10.0 Å². The second-order valence-corrected chi connectivity index (χ2v) is 5.16. The lowest BCUT2D eigenvalue weighted by molar-refractivity contribution is -0.135. The lowest BCUT2D eigenvalue weighted by atomic mass is 9.95. The van der Waals surface area contributed by atoms with E-state index in [0.29, 0.717) is 18.9 Å². The average Bonchev–Trinajstić information content (AvgIpc) is 2.40. The van der Waals surface area contributed by atoms with E-state index in [1.54, 1.807) is 4.90 Å². The van der Waals surface area contributed by atoms with Gasteiger partial charge in [0.1, 0.15) is 0 Å². The first-order valence-electron chi connectivity index (χ1n) is 6.66. The Morgan fingerprint density at radius 1 is 1.39 bits per heavy atom. The van der Waals surface area contributed by atoms with Crippen molar-refractivity contribution in [3.63, 3.8) is 0 Å². The summed E-state index contributed by atoms with van der Waals surface area (Å²) in [5.74, 6) is 0.466. The van der Waals surface area contributed by atoms with E-state index in [2.05, 4.69) is 0 Å². The number of piperidine rings is 1. The zero-order valence-corrected chi connectivity index (χ0v) is 10.9. The maximum Gasteiger partial charge on any atom is 0.222 e. The first-order valence-corrected chi connectivity index (χ1v) is 6.66. The highest BCUT2D eigenvalue weighted by Crippen LogP contribution is 2.18. The van der Waals surface area contributed by atoms with E-state index in [9.17, 15) is 9.90 Å². The van der Waals surface area contributed by atoms with Crippen molar-refractivity contribution < 1.29 is 9.90 Å². The number of aliphatic hydroxyl groups is 1. The summed E-state index contributed by atoms with van der Waals surface area (Å²) in [7, 11) is 0. The van der Waals surface area contributed by atoms with Crippen LogP contribution in [0, 0.1) is 5.92 Å². The Morgan fingerprint density at radius 2 is 2.11 bits per heavy atom. The van der Waals surface area contributed by atoms with Gasteiger partial charge in [-0.2, -0.15) is 0 Å². The Kier molecular flexibility index (Phi) is 4.37. The van der Waals surface area contributed by atoms with Crippen LogP contribution in [-0.2, 0) is 11.2 Å². The van der Waals surface area contributed by atoms with Crippen molar-refractivity contribution in [1.82, 2.24) is 4.90 Å². The van der Waals surface area contributed by atoms with Gasteiger partial charge in [-0.15, -0.1) is 0 Å². The molecule has 1 aromatic carbocycles. The quantitative estimate of drug-likeness (QED) is 0.885. The maximum absolute atomic E-state index is 12.0. The van der Waals surface area contributed by atoms with Crippen LogP contribution in [0.3, 0.4) is 0 Å². The minimum Gasteiger partial charge on any atom is -0.391 e. The Hall–Kier alpha value is -1.35. The van der Waals surface area contributed by atoms with E-state index in [-0.39, 0.29) is 12.0 Å². The predicted octanol–water partition coefficient (Wildman–Crippen LogP) is 1.85. The number of carbonyl (C=O) groups excluding carboxylic acids is 1. The summed E-state index contributed by atoms with van der Waals surface area (Å²) < 4.78 is 0. The highest BCUT2D eigenvalue weighted by Gasteiger charge is 2.26. The van der Waals surface area contributed by atoms with Gasteiger partial charge in [-0.25, -0.2) is 0 Å². The van der Waals surface area contributed by atoms with Crippen LogP contribution >= 0.6 is 0 Å². The van der Waals surface area contributed by atoms with Gasteiger partial charge in [0.25, 0.3) is 0 Å². The molecule has 2 rings (SSSR count). The van der Waals surface area contributed by atoms with Gasteiger partial charge in [0, 0.05) is 19.5 Å². The molecule has 1 N–H and O–H groups in total. The summed E-state index contributed by atoms with van der Waals surface area (Å²) in [5.41, 5.74) is 1.19. The van der Waals surface area contributed by atoms with Crippen LogP contribution in [0.2, 0.25) is 0 Å². The van der Waals surface area contributed by atoms with Crippen molar-refractivity contribution in [3.05, 3.63) is 35.9 Å². The van der Waals surface area contributed by atoms with Crippen LogP contribution in [0.15, 0.2) is 30.3 Å². The zero-order chi connectivity index (χ0) is 13.0. The maximum atomic E-state index is 12.0. The summed E-state index contributed by atoms with van der Waals surface area (Å²) in [4.78, 5) is 13.8. The first kappa shape index (κ1) is 13.1. The monoisotopic (exact) mass is 247 g/mol. The van der Waals surface area contributed by atoms with Gasteiger partial charge in [0.05, 0.1) is 6.10 Å². The number of rotatable bonds is 3. The molecule has 1 aliphatic heterocycles. The van der Waals surface area contributed by atoms with Gasteiger partial charge in [-0.1, -0.05) is 37.3 Å². The molecule has 1 aliphatic rings. The summed E-state index contributed by atoms with van der Waals surface area (Å²) in [6.07, 6.45) is 1.85. The lowest BCUT2D eigenvalue weighted by Crippen LogP contribution is -2.45. The predicted molar refractivity (Wildman–Crippen MR) is 71.1 cm³/mol. The number of hydrogen-bond donors (Lipinski definition) is 1. The van der Waals surface area contributed by atoms with E-state index < -0.39 is 0 Å². The number of β-amino-alcohol motifs (C(OH)–C–C–N with tert-alkyl or cyclic N) is 1. The van der Waals surface area contributed by atoms with Gasteiger partial charge in [0.2, 0.25) is 5.91 Å². The molecule has 3 heteroatoms. The van der Waals surface area contributed by atoms with E-state index in [0.717, 1.165) is 19.4 Å². The van der Waals surface area contributed by atoms with Gasteiger partial charge in [-0.05, 0) is 24.3 Å². The third kappa shape index (κ3) is 3.33. The standard InChI is InChI=1S/C15H21NO2/c1-12-9-10-16(11-14(12)17)15(18)8-7-13-5-3-2-4-6-13/h2-6,12,14,17H,7-11H2,1H3. The molecule has 1 heterocycles. The fourth-order valence-corrected chi connectivity index (χ4v) is 2.33. The van der Waals surface area contributed by atoms with Crippen molar-refractivity contribution in [2.45, 2.75) is 32.3 Å². The third-order valence-corrected chi connectivity index (χ3v) is 3.74. The van der Waals surface area contributed by atoms with Gasteiger partial charge in [0.15, 0.2) is 0 Å². The van der Waals surface area contributed by atoms with E-state index in [1.165, 1.54) is 5.56 Å². The largest absolute Gasteiger partial charge is 0.391 e. The molecule has 1 fully saturated rings. The number of aliphatic hydroxyl groups excluding tert-OH is 1. The van der Waals surface area contributed by atoms with Crippen LogP contribution in [-0.4, -0.2) is 35.1 Å². The van der Waals surface area contributed by atoms with Crippen LogP contribution in [0.4, 0.5) is 0 Å². The van der Waals surface area contributed by atoms with Crippen molar-refractivity contribution in [3.8, 4) is 0 Å². The minimum absolute atomic E-state index is 0.157. The van der Waals surface area contributed by atoms with E-state index in [4.69, 9.17) is 0 Å². The smallest absolute Gasteiger partial charge is 0.222 e. The molecule has 2 unspecified atom stereocenters. The van der Waals surface area contributed by atoms with Crippen molar-refractivity contribution >= 4 is 5.91 Å². The van der Waals surface area contributed by atoms with Crippen molar-refractivity contribution in [2.24, 2.45) is 5.92 Å². The molecular weight excluding hydrogens is 226 g/mol. The molecule has 0 aliphatic carbocycles. The number of amides is 1. The number of likely N-dealkylation sites (tertiary alicyclic amines) is 1.